The van der Waals surface area contributed by atoms with Crippen LogP contribution in [0.15, 0.2) is 78.9 Å². The lowest BCUT2D eigenvalue weighted by molar-refractivity contribution is 0.0973. The number of halogens is 1. The SMILES string of the molecule is O=C(Cn1c(N2CCN(c3ccccc3F)CC2)nc2ccccc21)c1ccccc1. The number of hydrogen-bond donors (Lipinski definition) is 0. The minimum atomic E-state index is -0.198. The summed E-state index contributed by atoms with van der Waals surface area (Å²) in [5.74, 6) is 0.644. The number of ketones is 1. The minimum absolute atomic E-state index is 0.0509. The maximum absolute atomic E-state index is 14.2. The van der Waals surface area contributed by atoms with Gasteiger partial charge in [0.15, 0.2) is 5.78 Å². The number of anilines is 2. The van der Waals surface area contributed by atoms with Crippen molar-refractivity contribution in [3.8, 4) is 0 Å². The first-order valence-electron chi connectivity index (χ1n) is 10.5. The van der Waals surface area contributed by atoms with Gasteiger partial charge in [-0.15, -0.1) is 0 Å². The van der Waals surface area contributed by atoms with Crippen LogP contribution in [0.2, 0.25) is 0 Å². The van der Waals surface area contributed by atoms with Crippen LogP contribution in [-0.2, 0) is 6.54 Å². The van der Waals surface area contributed by atoms with Crippen LogP contribution in [0.4, 0.5) is 16.0 Å². The van der Waals surface area contributed by atoms with Crippen LogP contribution in [0.1, 0.15) is 10.4 Å². The van der Waals surface area contributed by atoms with Gasteiger partial charge in [-0.25, -0.2) is 9.37 Å². The van der Waals surface area contributed by atoms with E-state index in [4.69, 9.17) is 4.98 Å². The monoisotopic (exact) mass is 414 g/mol. The number of Topliss-reactive ketones (excluding diaryl/α,β-unsaturated/α-hetero) is 1. The molecule has 0 spiro atoms. The number of fused-ring (bicyclic) bond motifs is 1. The molecule has 0 bridgehead atoms. The molecule has 31 heavy (non-hydrogen) atoms. The molecule has 0 radical (unpaired) electrons. The number of carbonyl (C=O) groups is 1. The van der Waals surface area contributed by atoms with E-state index in [0.717, 1.165) is 17.0 Å². The van der Waals surface area contributed by atoms with E-state index in [1.165, 1.54) is 6.07 Å². The van der Waals surface area contributed by atoms with Crippen molar-refractivity contribution in [1.29, 1.82) is 0 Å². The molecule has 6 heteroatoms. The van der Waals surface area contributed by atoms with E-state index in [1.54, 1.807) is 6.07 Å². The molecule has 1 aliphatic heterocycles. The smallest absolute Gasteiger partial charge is 0.207 e. The lowest BCUT2D eigenvalue weighted by atomic mass is 10.1. The second kappa shape index (κ2) is 8.22. The van der Waals surface area contributed by atoms with Crippen molar-refractivity contribution >= 4 is 28.5 Å². The molecule has 1 saturated heterocycles. The Balaban J connectivity index is 1.42. The number of aromatic nitrogens is 2. The Bertz CT molecular complexity index is 1210. The molecule has 4 aromatic rings. The van der Waals surface area contributed by atoms with Gasteiger partial charge in [-0.3, -0.25) is 4.79 Å². The molecular weight excluding hydrogens is 391 g/mol. The highest BCUT2D eigenvalue weighted by Gasteiger charge is 2.24. The molecule has 1 aliphatic rings. The normalized spacial score (nSPS) is 14.2. The average molecular weight is 414 g/mol. The zero-order valence-corrected chi connectivity index (χ0v) is 17.1. The fourth-order valence-corrected chi connectivity index (χ4v) is 4.17. The molecule has 5 nitrogen and oxygen atoms in total. The molecule has 1 fully saturated rings. The predicted octanol–water partition coefficient (Wildman–Crippen LogP) is 4.38. The highest BCUT2D eigenvalue weighted by atomic mass is 19.1. The quantitative estimate of drug-likeness (QED) is 0.455. The third-order valence-electron chi connectivity index (χ3n) is 5.79. The van der Waals surface area contributed by atoms with Crippen LogP contribution in [0, 0.1) is 5.82 Å². The van der Waals surface area contributed by atoms with Crippen LogP contribution in [0.5, 0.6) is 0 Å². The highest BCUT2D eigenvalue weighted by Crippen LogP contribution is 2.26. The molecule has 0 aliphatic carbocycles. The molecule has 156 valence electrons. The van der Waals surface area contributed by atoms with Crippen LogP contribution in [-0.4, -0.2) is 41.5 Å². The summed E-state index contributed by atoms with van der Waals surface area (Å²) in [5.41, 5.74) is 3.14. The van der Waals surface area contributed by atoms with Crippen LogP contribution in [0.25, 0.3) is 11.0 Å². The zero-order chi connectivity index (χ0) is 21.2. The molecule has 0 N–H and O–H groups in total. The number of para-hydroxylation sites is 3. The minimum Gasteiger partial charge on any atom is -0.366 e. The van der Waals surface area contributed by atoms with Crippen molar-refractivity contribution in [3.63, 3.8) is 0 Å². The van der Waals surface area contributed by atoms with Crippen molar-refractivity contribution in [2.45, 2.75) is 6.54 Å². The van der Waals surface area contributed by atoms with E-state index in [-0.39, 0.29) is 18.1 Å². The van der Waals surface area contributed by atoms with Crippen LogP contribution >= 0.6 is 0 Å². The van der Waals surface area contributed by atoms with E-state index in [1.807, 2.05) is 71.3 Å². The van der Waals surface area contributed by atoms with Gasteiger partial charge >= 0.3 is 0 Å². The van der Waals surface area contributed by atoms with E-state index in [0.29, 0.717) is 37.4 Å². The summed E-state index contributed by atoms with van der Waals surface area (Å²) in [5, 5.41) is 0. The largest absolute Gasteiger partial charge is 0.366 e. The van der Waals surface area contributed by atoms with Gasteiger partial charge in [0.25, 0.3) is 0 Å². The van der Waals surface area contributed by atoms with Gasteiger partial charge in [0, 0.05) is 31.7 Å². The van der Waals surface area contributed by atoms with Gasteiger partial charge < -0.3 is 14.4 Å². The third-order valence-corrected chi connectivity index (χ3v) is 5.79. The van der Waals surface area contributed by atoms with Gasteiger partial charge in [0.05, 0.1) is 23.3 Å². The van der Waals surface area contributed by atoms with E-state index < -0.39 is 0 Å². The first-order chi connectivity index (χ1) is 15.2. The van der Waals surface area contributed by atoms with Gasteiger partial charge in [-0.05, 0) is 24.3 Å². The molecule has 0 saturated carbocycles. The van der Waals surface area contributed by atoms with Crippen molar-refractivity contribution in [2.75, 3.05) is 36.0 Å². The summed E-state index contributed by atoms with van der Waals surface area (Å²) in [7, 11) is 0. The molecular formula is C25H23FN4O. The number of piperazine rings is 1. The Labute approximate surface area is 180 Å². The summed E-state index contributed by atoms with van der Waals surface area (Å²) in [6.45, 7) is 3.02. The van der Waals surface area contributed by atoms with Crippen molar-refractivity contribution in [3.05, 3.63) is 90.2 Å². The summed E-state index contributed by atoms with van der Waals surface area (Å²) < 4.78 is 16.2. The molecule has 0 atom stereocenters. The summed E-state index contributed by atoms with van der Waals surface area (Å²) in [4.78, 5) is 22.0. The zero-order valence-electron chi connectivity index (χ0n) is 17.1. The second-order valence-electron chi connectivity index (χ2n) is 7.70. The van der Waals surface area contributed by atoms with Gasteiger partial charge in [0.1, 0.15) is 5.82 Å². The Morgan fingerprint density at radius 3 is 2.23 bits per heavy atom. The van der Waals surface area contributed by atoms with Gasteiger partial charge in [-0.1, -0.05) is 54.6 Å². The molecule has 2 heterocycles. The number of nitrogens with zero attached hydrogens (tertiary/aromatic N) is 4. The topological polar surface area (TPSA) is 41.4 Å². The molecule has 5 rings (SSSR count). The van der Waals surface area contributed by atoms with Crippen molar-refractivity contribution in [1.82, 2.24) is 9.55 Å². The Morgan fingerprint density at radius 1 is 0.806 bits per heavy atom. The lowest BCUT2D eigenvalue weighted by Gasteiger charge is -2.36. The number of benzene rings is 3. The van der Waals surface area contributed by atoms with Crippen LogP contribution < -0.4 is 9.80 Å². The molecule has 0 amide bonds. The Kier molecular flexibility index (Phi) is 5.12. The third kappa shape index (κ3) is 3.77. The van der Waals surface area contributed by atoms with Gasteiger partial charge in [0.2, 0.25) is 5.95 Å². The lowest BCUT2D eigenvalue weighted by Crippen LogP contribution is -2.47. The van der Waals surface area contributed by atoms with E-state index in [9.17, 15) is 9.18 Å². The standard InChI is InChI=1S/C25H23FN4O/c26-20-10-4-6-12-22(20)28-14-16-29(17-15-28)25-27-21-11-5-7-13-23(21)30(25)18-24(31)19-8-2-1-3-9-19/h1-13H,14-18H2. The van der Waals surface area contributed by atoms with Crippen molar-refractivity contribution < 1.29 is 9.18 Å². The Hall–Kier alpha value is -3.67. The predicted molar refractivity (Wildman–Crippen MR) is 121 cm³/mol. The maximum Gasteiger partial charge on any atom is 0.207 e. The van der Waals surface area contributed by atoms with E-state index in [2.05, 4.69) is 9.80 Å². The van der Waals surface area contributed by atoms with Crippen molar-refractivity contribution in [2.24, 2.45) is 0 Å². The Morgan fingerprint density at radius 2 is 1.45 bits per heavy atom. The molecule has 3 aromatic carbocycles. The fourth-order valence-electron chi connectivity index (χ4n) is 4.17. The number of imidazole rings is 1. The fraction of sp³-hybridized carbons (Fsp3) is 0.200. The second-order valence-corrected chi connectivity index (χ2v) is 7.70. The summed E-state index contributed by atoms with van der Waals surface area (Å²) >= 11 is 0. The number of hydrogen-bond acceptors (Lipinski definition) is 4. The molecule has 0 unspecified atom stereocenters. The summed E-state index contributed by atoms with van der Waals surface area (Å²) in [6, 6.07) is 24.1. The van der Waals surface area contributed by atoms with Gasteiger partial charge in [-0.2, -0.15) is 0 Å². The van der Waals surface area contributed by atoms with E-state index >= 15 is 0 Å². The number of carbonyl (C=O) groups excluding carboxylic acids is 1. The first kappa shape index (κ1) is 19.3. The first-order valence-corrected chi connectivity index (χ1v) is 10.5. The highest BCUT2D eigenvalue weighted by molar-refractivity contribution is 5.97. The summed E-state index contributed by atoms with van der Waals surface area (Å²) in [6.07, 6.45) is 0. The molecule has 1 aromatic heterocycles. The maximum atomic E-state index is 14.2. The van der Waals surface area contributed by atoms with Crippen LogP contribution in [0.3, 0.4) is 0 Å². The number of rotatable bonds is 5. The average Bonchev–Trinajstić information content (AvgIpc) is 3.18.